The van der Waals surface area contributed by atoms with E-state index in [9.17, 15) is 5.11 Å². The average Bonchev–Trinajstić information content (AvgIpc) is 3.18. The van der Waals surface area contributed by atoms with E-state index in [1.807, 2.05) is 34.6 Å². The topological polar surface area (TPSA) is 66.4 Å². The van der Waals surface area contributed by atoms with E-state index < -0.39 is 35.5 Å². The summed E-state index contributed by atoms with van der Waals surface area (Å²) in [5.41, 5.74) is -0.711. The molecule has 0 spiro atoms. The number of hydrogen-bond donors (Lipinski definition) is 1. The smallest absolute Gasteiger partial charge is 0.163 e. The van der Waals surface area contributed by atoms with E-state index in [2.05, 4.69) is 0 Å². The van der Waals surface area contributed by atoms with Crippen molar-refractivity contribution in [1.82, 2.24) is 0 Å². The third-order valence-electron chi connectivity index (χ3n) is 5.46. The zero-order chi connectivity index (χ0) is 21.4. The van der Waals surface area contributed by atoms with Gasteiger partial charge in [-0.3, -0.25) is 0 Å². The van der Waals surface area contributed by atoms with Crippen molar-refractivity contribution in [3.05, 3.63) is 33.8 Å². The first kappa shape index (κ1) is 23.2. The van der Waals surface area contributed by atoms with Crippen molar-refractivity contribution in [2.45, 2.75) is 83.1 Å². The summed E-state index contributed by atoms with van der Waals surface area (Å²) in [6.45, 7) is 9.84. The van der Waals surface area contributed by atoms with Gasteiger partial charge in [0.1, 0.15) is 23.9 Å². The minimum atomic E-state index is -1.37. The molecule has 0 aliphatic carbocycles. The van der Waals surface area contributed by atoms with Crippen LogP contribution in [0, 0.1) is 0 Å². The van der Waals surface area contributed by atoms with Crippen LogP contribution in [0.5, 0.6) is 0 Å². The molecule has 0 amide bonds. The molecule has 0 unspecified atom stereocenters. The Balaban J connectivity index is 1.88. The van der Waals surface area contributed by atoms with Gasteiger partial charge in [0.2, 0.25) is 0 Å². The first-order valence-electron chi connectivity index (χ1n) is 9.88. The third kappa shape index (κ3) is 5.08. The Hall–Kier alpha value is -0.440. The van der Waals surface area contributed by atoms with Gasteiger partial charge in [0, 0.05) is 15.6 Å². The van der Waals surface area contributed by atoms with Crippen LogP contribution < -0.4 is 0 Å². The normalized spacial score (nSPS) is 29.0. The molecule has 0 aromatic heterocycles. The molecular formula is C21H30Cl2O6. The fraction of sp³-hybridized carbons (Fsp3) is 0.714. The first-order chi connectivity index (χ1) is 13.5. The van der Waals surface area contributed by atoms with E-state index >= 15 is 0 Å². The maximum atomic E-state index is 11.7. The van der Waals surface area contributed by atoms with Gasteiger partial charge < -0.3 is 28.8 Å². The van der Waals surface area contributed by atoms with Crippen molar-refractivity contribution < 1.29 is 28.8 Å². The molecule has 6 nitrogen and oxygen atoms in total. The number of halogens is 2. The summed E-state index contributed by atoms with van der Waals surface area (Å²) >= 11 is 12.6. The second-order valence-electron chi connectivity index (χ2n) is 8.46. The van der Waals surface area contributed by atoms with Gasteiger partial charge in [-0.15, -0.1) is 0 Å². The average molecular weight is 449 g/mol. The molecule has 2 aliphatic rings. The molecule has 2 saturated heterocycles. The second kappa shape index (κ2) is 8.60. The number of hydrogen-bond acceptors (Lipinski definition) is 6. The van der Waals surface area contributed by atoms with Crippen molar-refractivity contribution in [2.24, 2.45) is 0 Å². The largest absolute Gasteiger partial charge is 0.384 e. The lowest BCUT2D eigenvalue weighted by Crippen LogP contribution is -2.59. The standard InChI is InChI=1S/C21H30Cl2O6/c1-6-21(24,17-12-27-20(4,5)29-17)18(16-11-26-19(2,3)28-16)25-10-13-14(22)8-7-9-15(13)23/h7-9,16-18,24H,6,10-12H2,1-5H3/t16-,17-,18+,21-/m1/s1. The van der Waals surface area contributed by atoms with Gasteiger partial charge in [-0.25, -0.2) is 0 Å². The summed E-state index contributed by atoms with van der Waals surface area (Å²) in [6.07, 6.45) is -1.45. The summed E-state index contributed by atoms with van der Waals surface area (Å²) < 4.78 is 29.7. The van der Waals surface area contributed by atoms with Crippen molar-refractivity contribution in [1.29, 1.82) is 0 Å². The Labute approximate surface area is 182 Å². The zero-order valence-corrected chi connectivity index (χ0v) is 19.0. The van der Waals surface area contributed by atoms with Crippen LogP contribution in [0.2, 0.25) is 10.0 Å². The van der Waals surface area contributed by atoms with Gasteiger partial charge >= 0.3 is 0 Å². The number of aliphatic hydroxyl groups is 1. The van der Waals surface area contributed by atoms with Crippen LogP contribution in [0.3, 0.4) is 0 Å². The maximum absolute atomic E-state index is 11.7. The van der Waals surface area contributed by atoms with Crippen LogP contribution in [0.15, 0.2) is 18.2 Å². The quantitative estimate of drug-likeness (QED) is 0.669. The molecule has 0 radical (unpaired) electrons. The second-order valence-corrected chi connectivity index (χ2v) is 9.28. The fourth-order valence-corrected chi connectivity index (χ4v) is 4.33. The van der Waals surface area contributed by atoms with E-state index in [0.717, 1.165) is 0 Å². The van der Waals surface area contributed by atoms with Crippen LogP contribution in [0.25, 0.3) is 0 Å². The summed E-state index contributed by atoms with van der Waals surface area (Å²) in [4.78, 5) is 0. The van der Waals surface area contributed by atoms with Crippen LogP contribution >= 0.6 is 23.2 Å². The number of rotatable bonds is 7. The Morgan fingerprint density at radius 3 is 2.17 bits per heavy atom. The highest BCUT2D eigenvalue weighted by Crippen LogP contribution is 2.39. The summed E-state index contributed by atoms with van der Waals surface area (Å²) in [5.74, 6) is -1.55. The summed E-state index contributed by atoms with van der Waals surface area (Å²) in [5, 5.41) is 12.7. The van der Waals surface area contributed by atoms with Crippen molar-refractivity contribution in [3.8, 4) is 0 Å². The lowest BCUT2D eigenvalue weighted by molar-refractivity contribution is -0.234. The van der Waals surface area contributed by atoms with Crippen LogP contribution in [-0.2, 0) is 30.3 Å². The number of benzene rings is 1. The lowest BCUT2D eigenvalue weighted by atomic mass is 9.84. The molecule has 2 aliphatic heterocycles. The Kier molecular flexibility index (Phi) is 6.88. The molecule has 164 valence electrons. The SMILES string of the molecule is CC[C@@](O)([C@H]1COC(C)(C)O1)[C@@H](OCc1c(Cl)cccc1Cl)[C@H]1COC(C)(C)O1. The van der Waals surface area contributed by atoms with Crippen LogP contribution in [0.1, 0.15) is 46.6 Å². The van der Waals surface area contributed by atoms with Gasteiger partial charge in [0.05, 0.1) is 19.8 Å². The molecule has 2 heterocycles. The molecule has 1 aromatic rings. The van der Waals surface area contributed by atoms with E-state index in [4.69, 9.17) is 46.9 Å². The summed E-state index contributed by atoms with van der Waals surface area (Å²) in [7, 11) is 0. The van der Waals surface area contributed by atoms with Gasteiger partial charge in [0.25, 0.3) is 0 Å². The molecule has 1 aromatic carbocycles. The predicted octanol–water partition coefficient (Wildman–Crippen LogP) is 4.32. The molecular weight excluding hydrogens is 419 g/mol. The zero-order valence-electron chi connectivity index (χ0n) is 17.5. The fourth-order valence-electron chi connectivity index (χ4n) is 3.83. The molecule has 0 saturated carbocycles. The van der Waals surface area contributed by atoms with Gasteiger partial charge in [-0.2, -0.15) is 0 Å². The van der Waals surface area contributed by atoms with E-state index in [1.165, 1.54) is 0 Å². The molecule has 29 heavy (non-hydrogen) atoms. The monoisotopic (exact) mass is 448 g/mol. The minimum absolute atomic E-state index is 0.114. The lowest BCUT2D eigenvalue weighted by Gasteiger charge is -2.41. The van der Waals surface area contributed by atoms with Crippen LogP contribution in [-0.4, -0.2) is 53.8 Å². The van der Waals surface area contributed by atoms with Crippen molar-refractivity contribution in [3.63, 3.8) is 0 Å². The van der Waals surface area contributed by atoms with E-state index in [-0.39, 0.29) is 19.8 Å². The molecule has 4 atom stereocenters. The van der Waals surface area contributed by atoms with Crippen LogP contribution in [0.4, 0.5) is 0 Å². The first-order valence-corrected chi connectivity index (χ1v) is 10.6. The van der Waals surface area contributed by atoms with Crippen molar-refractivity contribution in [2.75, 3.05) is 13.2 Å². The highest BCUT2D eigenvalue weighted by atomic mass is 35.5. The molecule has 0 bridgehead atoms. The van der Waals surface area contributed by atoms with Gasteiger partial charge in [0.15, 0.2) is 11.6 Å². The Bertz CT molecular complexity index is 705. The maximum Gasteiger partial charge on any atom is 0.163 e. The highest BCUT2D eigenvalue weighted by molar-refractivity contribution is 6.35. The highest BCUT2D eigenvalue weighted by Gasteiger charge is 2.55. The Morgan fingerprint density at radius 1 is 1.10 bits per heavy atom. The van der Waals surface area contributed by atoms with E-state index in [1.54, 1.807) is 18.2 Å². The predicted molar refractivity (Wildman–Crippen MR) is 110 cm³/mol. The molecule has 2 fully saturated rings. The number of ether oxygens (including phenoxy) is 5. The molecule has 1 N–H and O–H groups in total. The van der Waals surface area contributed by atoms with Gasteiger partial charge in [-0.1, -0.05) is 36.2 Å². The Morgan fingerprint density at radius 2 is 1.69 bits per heavy atom. The third-order valence-corrected chi connectivity index (χ3v) is 6.17. The van der Waals surface area contributed by atoms with Crippen molar-refractivity contribution >= 4 is 23.2 Å². The molecule has 3 rings (SSSR count). The summed E-state index contributed by atoms with van der Waals surface area (Å²) in [6, 6.07) is 5.28. The molecule has 8 heteroatoms. The van der Waals surface area contributed by atoms with E-state index in [0.29, 0.717) is 22.0 Å². The minimum Gasteiger partial charge on any atom is -0.384 e. The van der Waals surface area contributed by atoms with Gasteiger partial charge in [-0.05, 0) is 46.2 Å².